The molecule has 0 aliphatic carbocycles. The molecule has 0 bridgehead atoms. The van der Waals surface area contributed by atoms with Crippen molar-refractivity contribution < 1.29 is 14.3 Å². The lowest BCUT2D eigenvalue weighted by molar-refractivity contribution is -0.0504. The SMILES string of the molecule is O=c1cc(CN2C[C@@H]3[C@@H](C2)OCCN3Cc2ccccc2)occ1O. The first-order valence-corrected chi connectivity index (χ1v) is 8.61. The van der Waals surface area contributed by atoms with Crippen LogP contribution in [0.2, 0.25) is 0 Å². The fourth-order valence-corrected chi connectivity index (χ4v) is 3.72. The zero-order chi connectivity index (χ0) is 17.2. The first-order chi connectivity index (χ1) is 12.2. The Kier molecular flexibility index (Phi) is 4.57. The van der Waals surface area contributed by atoms with E-state index in [1.807, 2.05) is 6.07 Å². The van der Waals surface area contributed by atoms with Crippen molar-refractivity contribution in [2.75, 3.05) is 26.2 Å². The van der Waals surface area contributed by atoms with Crippen LogP contribution in [0.3, 0.4) is 0 Å². The largest absolute Gasteiger partial charge is 0.502 e. The van der Waals surface area contributed by atoms with Gasteiger partial charge in [-0.2, -0.15) is 0 Å². The van der Waals surface area contributed by atoms with Crippen molar-refractivity contribution in [3.05, 3.63) is 64.2 Å². The van der Waals surface area contributed by atoms with Crippen LogP contribution in [0, 0.1) is 0 Å². The summed E-state index contributed by atoms with van der Waals surface area (Å²) in [5.41, 5.74) is 0.908. The van der Waals surface area contributed by atoms with Crippen molar-refractivity contribution in [3.63, 3.8) is 0 Å². The molecule has 2 saturated heterocycles. The summed E-state index contributed by atoms with van der Waals surface area (Å²) < 4.78 is 11.3. The standard InChI is InChI=1S/C19H22N2O4/c22-17-8-15(25-13-18(17)23)10-20-11-16-19(12-20)24-7-6-21(16)9-14-4-2-1-3-5-14/h1-5,8,13,16,19,23H,6-7,9-12H2/t16-,19-/m1/s1. The number of aromatic hydroxyl groups is 1. The zero-order valence-electron chi connectivity index (χ0n) is 14.0. The minimum Gasteiger partial charge on any atom is -0.502 e. The number of hydrogen-bond acceptors (Lipinski definition) is 6. The molecule has 3 heterocycles. The summed E-state index contributed by atoms with van der Waals surface area (Å²) in [6, 6.07) is 12.2. The highest BCUT2D eigenvalue weighted by Gasteiger charge is 2.40. The van der Waals surface area contributed by atoms with Crippen LogP contribution in [-0.4, -0.2) is 53.3 Å². The van der Waals surface area contributed by atoms with E-state index in [1.54, 1.807) is 0 Å². The topological polar surface area (TPSA) is 66.2 Å². The van der Waals surface area contributed by atoms with Gasteiger partial charge in [0.2, 0.25) is 5.43 Å². The van der Waals surface area contributed by atoms with Gasteiger partial charge in [0.1, 0.15) is 12.0 Å². The van der Waals surface area contributed by atoms with Crippen molar-refractivity contribution in [2.24, 2.45) is 0 Å². The van der Waals surface area contributed by atoms with Crippen LogP contribution < -0.4 is 5.43 Å². The van der Waals surface area contributed by atoms with E-state index in [9.17, 15) is 9.90 Å². The Labute approximate surface area is 146 Å². The van der Waals surface area contributed by atoms with Gasteiger partial charge in [0.25, 0.3) is 0 Å². The van der Waals surface area contributed by atoms with Gasteiger partial charge in [-0.15, -0.1) is 0 Å². The van der Waals surface area contributed by atoms with Gasteiger partial charge in [0.15, 0.2) is 5.75 Å². The molecule has 1 aromatic carbocycles. The van der Waals surface area contributed by atoms with Crippen molar-refractivity contribution in [3.8, 4) is 5.75 Å². The lowest BCUT2D eigenvalue weighted by Crippen LogP contribution is -2.50. The molecule has 4 rings (SSSR count). The number of morpholine rings is 1. The smallest absolute Gasteiger partial charge is 0.226 e. The van der Waals surface area contributed by atoms with Crippen LogP contribution in [0.15, 0.2) is 51.9 Å². The second-order valence-electron chi connectivity index (χ2n) is 6.72. The summed E-state index contributed by atoms with van der Waals surface area (Å²) >= 11 is 0. The number of nitrogens with zero attached hydrogens (tertiary/aromatic N) is 2. The molecule has 132 valence electrons. The van der Waals surface area contributed by atoms with Crippen LogP contribution in [0.25, 0.3) is 0 Å². The van der Waals surface area contributed by atoms with Gasteiger partial charge in [0, 0.05) is 32.2 Å². The molecule has 0 unspecified atom stereocenters. The predicted octanol–water partition coefficient (Wildman–Crippen LogP) is 1.43. The zero-order valence-corrected chi connectivity index (χ0v) is 14.0. The van der Waals surface area contributed by atoms with Gasteiger partial charge in [-0.25, -0.2) is 0 Å². The van der Waals surface area contributed by atoms with E-state index >= 15 is 0 Å². The Morgan fingerprint density at radius 2 is 2.00 bits per heavy atom. The van der Waals surface area contributed by atoms with E-state index in [1.165, 1.54) is 11.6 Å². The van der Waals surface area contributed by atoms with Crippen LogP contribution in [0.5, 0.6) is 5.75 Å². The maximum atomic E-state index is 11.6. The third-order valence-electron chi connectivity index (χ3n) is 4.97. The highest BCUT2D eigenvalue weighted by molar-refractivity contribution is 5.16. The molecular weight excluding hydrogens is 320 g/mol. The Balaban J connectivity index is 1.43. The third kappa shape index (κ3) is 3.61. The van der Waals surface area contributed by atoms with Gasteiger partial charge >= 0.3 is 0 Å². The van der Waals surface area contributed by atoms with E-state index in [4.69, 9.17) is 9.15 Å². The van der Waals surface area contributed by atoms with Crippen LogP contribution in [0.1, 0.15) is 11.3 Å². The van der Waals surface area contributed by atoms with Crippen LogP contribution in [-0.2, 0) is 17.8 Å². The quantitative estimate of drug-likeness (QED) is 0.907. The Bertz CT molecular complexity index is 776. The summed E-state index contributed by atoms with van der Waals surface area (Å²) in [6.45, 7) is 4.84. The Morgan fingerprint density at radius 3 is 2.80 bits per heavy atom. The third-order valence-corrected chi connectivity index (χ3v) is 4.97. The normalized spacial score (nSPS) is 24.3. The van der Waals surface area contributed by atoms with Crippen LogP contribution in [0.4, 0.5) is 0 Å². The lowest BCUT2D eigenvalue weighted by atomic mass is 10.1. The monoisotopic (exact) mass is 342 g/mol. The van der Waals surface area contributed by atoms with Crippen molar-refractivity contribution in [2.45, 2.75) is 25.2 Å². The van der Waals surface area contributed by atoms with Gasteiger partial charge in [-0.3, -0.25) is 14.6 Å². The molecule has 6 nitrogen and oxygen atoms in total. The molecule has 2 aliphatic heterocycles. The van der Waals surface area contributed by atoms with Gasteiger partial charge < -0.3 is 14.3 Å². The minimum atomic E-state index is -0.403. The molecular formula is C19H22N2O4. The molecule has 2 aliphatic rings. The highest BCUT2D eigenvalue weighted by atomic mass is 16.5. The molecule has 2 atom stereocenters. The van der Waals surface area contributed by atoms with E-state index in [2.05, 4.69) is 34.1 Å². The van der Waals surface area contributed by atoms with E-state index < -0.39 is 5.43 Å². The molecule has 0 saturated carbocycles. The second kappa shape index (κ2) is 7.00. The molecule has 2 aromatic rings. The first-order valence-electron chi connectivity index (χ1n) is 8.61. The number of fused-ring (bicyclic) bond motifs is 1. The van der Waals surface area contributed by atoms with Gasteiger partial charge in [-0.05, 0) is 5.56 Å². The number of rotatable bonds is 4. The molecule has 6 heteroatoms. The summed E-state index contributed by atoms with van der Waals surface area (Å²) in [7, 11) is 0. The molecule has 1 N–H and O–H groups in total. The molecule has 0 amide bonds. The second-order valence-corrected chi connectivity index (χ2v) is 6.72. The molecule has 0 radical (unpaired) electrons. The van der Waals surface area contributed by atoms with Crippen molar-refractivity contribution >= 4 is 0 Å². The van der Waals surface area contributed by atoms with E-state index in [0.29, 0.717) is 18.3 Å². The van der Waals surface area contributed by atoms with E-state index in [-0.39, 0.29) is 11.9 Å². The van der Waals surface area contributed by atoms with Crippen molar-refractivity contribution in [1.29, 1.82) is 0 Å². The molecule has 1 aromatic heterocycles. The number of ether oxygens (including phenoxy) is 1. The maximum absolute atomic E-state index is 11.6. The minimum absolute atomic E-state index is 0.182. The molecule has 25 heavy (non-hydrogen) atoms. The van der Waals surface area contributed by atoms with Gasteiger partial charge in [-0.1, -0.05) is 30.3 Å². The van der Waals surface area contributed by atoms with Gasteiger partial charge in [0.05, 0.1) is 25.3 Å². The maximum Gasteiger partial charge on any atom is 0.226 e. The Morgan fingerprint density at radius 1 is 1.16 bits per heavy atom. The number of likely N-dealkylation sites (tertiary alicyclic amines) is 1. The fourth-order valence-electron chi connectivity index (χ4n) is 3.72. The lowest BCUT2D eigenvalue weighted by Gasteiger charge is -2.37. The summed E-state index contributed by atoms with van der Waals surface area (Å²) in [5.74, 6) is 0.215. The summed E-state index contributed by atoms with van der Waals surface area (Å²) in [5, 5.41) is 9.30. The average molecular weight is 342 g/mol. The van der Waals surface area contributed by atoms with Crippen molar-refractivity contribution in [1.82, 2.24) is 9.80 Å². The predicted molar refractivity (Wildman–Crippen MR) is 92.3 cm³/mol. The summed E-state index contributed by atoms with van der Waals surface area (Å²) in [6.07, 6.45) is 1.29. The number of hydrogen-bond donors (Lipinski definition) is 1. The Hall–Kier alpha value is -2.15. The first kappa shape index (κ1) is 16.3. The number of benzene rings is 1. The highest BCUT2D eigenvalue weighted by Crippen LogP contribution is 2.25. The fraction of sp³-hybridized carbons (Fsp3) is 0.421. The summed E-state index contributed by atoms with van der Waals surface area (Å²) in [4.78, 5) is 16.3. The average Bonchev–Trinajstić information content (AvgIpc) is 3.03. The molecule has 0 spiro atoms. The van der Waals surface area contributed by atoms with Crippen LogP contribution >= 0.6 is 0 Å². The molecule has 2 fully saturated rings. The van der Waals surface area contributed by atoms with E-state index in [0.717, 1.165) is 39.0 Å².